The summed E-state index contributed by atoms with van der Waals surface area (Å²) in [6.45, 7) is 18.7. The van der Waals surface area contributed by atoms with Gasteiger partial charge in [0.2, 0.25) is 0 Å². The average molecular weight is 327 g/mol. The Balaban J connectivity index is 2.07. The second kappa shape index (κ2) is 5.31. The molecule has 2 rings (SSSR count). The van der Waals surface area contributed by atoms with Crippen LogP contribution in [0, 0.1) is 11.8 Å². The molecule has 0 spiro atoms. The van der Waals surface area contributed by atoms with Crippen LogP contribution in [-0.2, 0) is 9.22 Å². The first kappa shape index (κ1) is 17.4. The van der Waals surface area contributed by atoms with Crippen molar-refractivity contribution in [3.63, 3.8) is 0 Å². The van der Waals surface area contributed by atoms with Crippen LogP contribution in [0.2, 0.25) is 43.3 Å². The summed E-state index contributed by atoms with van der Waals surface area (Å²) in [6, 6.07) is 0. The summed E-state index contributed by atoms with van der Waals surface area (Å²) in [6.07, 6.45) is 3.51. The second-order valence-corrected chi connectivity index (χ2v) is 20.0. The molecule has 0 aliphatic heterocycles. The summed E-state index contributed by atoms with van der Waals surface area (Å²) in [5.74, 6) is 1.80. The highest BCUT2D eigenvalue weighted by molar-refractivity contribution is 6.80. The topological polar surface area (TPSA) is 26.3 Å². The summed E-state index contributed by atoms with van der Waals surface area (Å²) in [4.78, 5) is 12.4. The van der Waals surface area contributed by atoms with Crippen molar-refractivity contribution in [3.05, 3.63) is 0 Å². The molecule has 122 valence electrons. The molecule has 0 heterocycles. The van der Waals surface area contributed by atoms with Crippen LogP contribution in [0.4, 0.5) is 0 Å². The van der Waals surface area contributed by atoms with Crippen LogP contribution in [0.3, 0.4) is 0 Å². The number of hydrogen-bond donors (Lipinski definition) is 0. The van der Waals surface area contributed by atoms with Gasteiger partial charge in [0.1, 0.15) is 5.78 Å². The predicted octanol–water partition coefficient (Wildman–Crippen LogP) is 5.08. The standard InChI is InChI=1S/C17H34O2Si2/c1-17(2,3)21(7,8)19-13-9-12-10-15(18)16(14(12)11-13)20(4,5)6/h12-14,16H,9-11H2,1-8H3/t12-,13-,14-,16-/m1/s1. The van der Waals surface area contributed by atoms with Crippen molar-refractivity contribution in [2.75, 3.05) is 0 Å². The zero-order chi connectivity index (χ0) is 16.2. The third kappa shape index (κ3) is 3.37. The van der Waals surface area contributed by atoms with Crippen LogP contribution in [0.25, 0.3) is 0 Å². The van der Waals surface area contributed by atoms with Gasteiger partial charge in [-0.3, -0.25) is 4.79 Å². The van der Waals surface area contributed by atoms with Gasteiger partial charge in [0.05, 0.1) is 8.07 Å². The molecule has 2 aliphatic rings. The Labute approximate surface area is 133 Å². The van der Waals surface area contributed by atoms with Crippen molar-refractivity contribution in [2.45, 2.75) is 89.5 Å². The first-order chi connectivity index (χ1) is 9.33. The van der Waals surface area contributed by atoms with E-state index in [0.29, 0.717) is 29.3 Å². The molecule has 0 amide bonds. The lowest BCUT2D eigenvalue weighted by Gasteiger charge is -2.39. The van der Waals surface area contributed by atoms with Crippen LogP contribution >= 0.6 is 0 Å². The molecule has 2 aliphatic carbocycles. The Bertz CT molecular complexity index is 417. The highest BCUT2D eigenvalue weighted by Gasteiger charge is 2.53. The van der Waals surface area contributed by atoms with E-state index in [-0.39, 0.29) is 5.04 Å². The molecule has 0 bridgehead atoms. The number of carbonyl (C=O) groups excluding carboxylic acids is 1. The van der Waals surface area contributed by atoms with E-state index < -0.39 is 16.4 Å². The fourth-order valence-corrected chi connectivity index (χ4v) is 8.34. The van der Waals surface area contributed by atoms with Crippen LogP contribution in [0.1, 0.15) is 40.0 Å². The van der Waals surface area contributed by atoms with Gasteiger partial charge in [0.15, 0.2) is 8.32 Å². The van der Waals surface area contributed by atoms with E-state index in [1.807, 2.05) is 0 Å². The van der Waals surface area contributed by atoms with Crippen molar-refractivity contribution >= 4 is 22.2 Å². The van der Waals surface area contributed by atoms with E-state index in [9.17, 15) is 4.79 Å². The lowest BCUT2D eigenvalue weighted by atomic mass is 10.0. The predicted molar refractivity (Wildman–Crippen MR) is 95.0 cm³/mol. The molecule has 2 nitrogen and oxygen atoms in total. The van der Waals surface area contributed by atoms with Crippen LogP contribution in [0.15, 0.2) is 0 Å². The van der Waals surface area contributed by atoms with Gasteiger partial charge in [-0.25, -0.2) is 0 Å². The smallest absolute Gasteiger partial charge is 0.192 e. The number of hydrogen-bond acceptors (Lipinski definition) is 2. The minimum absolute atomic E-state index is 0.276. The SMILES string of the molecule is CC(C)(C)[Si](C)(C)O[C@@H]1C[C@@H]2CC(=O)[C@H]([Si](C)(C)C)[C@@H]2C1. The molecule has 0 saturated heterocycles. The molecule has 0 N–H and O–H groups in total. The summed E-state index contributed by atoms with van der Waals surface area (Å²) in [5.41, 5.74) is 0.385. The zero-order valence-electron chi connectivity index (χ0n) is 15.2. The molecule has 4 atom stereocenters. The molecule has 2 fully saturated rings. The van der Waals surface area contributed by atoms with E-state index in [2.05, 4.69) is 53.5 Å². The maximum atomic E-state index is 12.4. The number of rotatable bonds is 3. The van der Waals surface area contributed by atoms with E-state index in [1.165, 1.54) is 0 Å². The van der Waals surface area contributed by atoms with E-state index >= 15 is 0 Å². The number of ketones is 1. The molecule has 0 radical (unpaired) electrons. The Morgan fingerprint density at radius 2 is 1.62 bits per heavy atom. The van der Waals surface area contributed by atoms with Crippen molar-refractivity contribution < 1.29 is 9.22 Å². The molecule has 2 saturated carbocycles. The summed E-state index contributed by atoms with van der Waals surface area (Å²) in [5, 5.41) is 0.276. The van der Waals surface area contributed by atoms with Gasteiger partial charge in [0.25, 0.3) is 0 Å². The summed E-state index contributed by atoms with van der Waals surface area (Å²) in [7, 11) is -3.07. The van der Waals surface area contributed by atoms with Gasteiger partial charge in [-0.05, 0) is 42.8 Å². The minimum Gasteiger partial charge on any atom is -0.414 e. The van der Waals surface area contributed by atoms with Crippen molar-refractivity contribution in [2.24, 2.45) is 11.8 Å². The van der Waals surface area contributed by atoms with Crippen molar-refractivity contribution in [1.29, 1.82) is 0 Å². The third-order valence-corrected chi connectivity index (χ3v) is 13.3. The Morgan fingerprint density at radius 1 is 1.05 bits per heavy atom. The number of fused-ring (bicyclic) bond motifs is 1. The first-order valence-electron chi connectivity index (χ1n) is 8.53. The van der Waals surface area contributed by atoms with Gasteiger partial charge >= 0.3 is 0 Å². The minimum atomic E-state index is -1.68. The van der Waals surface area contributed by atoms with Gasteiger partial charge in [-0.2, -0.15) is 0 Å². The first-order valence-corrected chi connectivity index (χ1v) is 15.0. The summed E-state index contributed by atoms with van der Waals surface area (Å²) < 4.78 is 6.64. The van der Waals surface area contributed by atoms with Crippen LogP contribution in [0.5, 0.6) is 0 Å². The molecule has 4 heteroatoms. The molecule has 0 aromatic heterocycles. The molecule has 0 unspecified atom stereocenters. The van der Waals surface area contributed by atoms with E-state index in [1.54, 1.807) is 0 Å². The fourth-order valence-electron chi connectivity index (χ4n) is 4.19. The van der Waals surface area contributed by atoms with E-state index in [0.717, 1.165) is 19.3 Å². The maximum absolute atomic E-state index is 12.4. The monoisotopic (exact) mass is 326 g/mol. The largest absolute Gasteiger partial charge is 0.414 e. The second-order valence-electron chi connectivity index (χ2n) is 9.91. The average Bonchev–Trinajstić information content (AvgIpc) is 2.68. The molecular formula is C17H34O2Si2. The molecular weight excluding hydrogens is 292 g/mol. The quantitative estimate of drug-likeness (QED) is 0.676. The van der Waals surface area contributed by atoms with E-state index in [4.69, 9.17) is 4.43 Å². The number of carbonyl (C=O) groups is 1. The molecule has 0 aromatic rings. The Hall–Kier alpha value is 0.0638. The van der Waals surface area contributed by atoms with Gasteiger partial charge in [-0.1, -0.05) is 40.4 Å². The fraction of sp³-hybridized carbons (Fsp3) is 0.941. The normalized spacial score (nSPS) is 34.4. The molecule has 0 aromatic carbocycles. The number of Topliss-reactive ketones (excluding diaryl/α,β-unsaturated/α-hetero) is 1. The van der Waals surface area contributed by atoms with Gasteiger partial charge in [0, 0.05) is 18.1 Å². The van der Waals surface area contributed by atoms with Crippen LogP contribution in [-0.4, -0.2) is 28.3 Å². The third-order valence-electron chi connectivity index (χ3n) is 6.15. The van der Waals surface area contributed by atoms with Crippen molar-refractivity contribution in [3.8, 4) is 0 Å². The maximum Gasteiger partial charge on any atom is 0.192 e. The van der Waals surface area contributed by atoms with Crippen LogP contribution < -0.4 is 0 Å². The highest BCUT2D eigenvalue weighted by Crippen LogP contribution is 2.54. The lowest BCUT2D eigenvalue weighted by Crippen LogP contribution is -2.43. The van der Waals surface area contributed by atoms with Gasteiger partial charge in [-0.15, -0.1) is 0 Å². The summed E-state index contributed by atoms with van der Waals surface area (Å²) >= 11 is 0. The zero-order valence-corrected chi connectivity index (χ0v) is 17.2. The van der Waals surface area contributed by atoms with Crippen molar-refractivity contribution in [1.82, 2.24) is 0 Å². The Kier molecular flexibility index (Phi) is 4.40. The molecule has 21 heavy (non-hydrogen) atoms. The Morgan fingerprint density at radius 3 is 2.10 bits per heavy atom. The highest BCUT2D eigenvalue weighted by atomic mass is 28.4. The van der Waals surface area contributed by atoms with Gasteiger partial charge < -0.3 is 4.43 Å². The lowest BCUT2D eigenvalue weighted by molar-refractivity contribution is -0.118.